The topological polar surface area (TPSA) is 59.2 Å². The summed E-state index contributed by atoms with van der Waals surface area (Å²) in [5.74, 6) is -0.0478. The predicted octanol–water partition coefficient (Wildman–Crippen LogP) is 2.32. The van der Waals surface area contributed by atoms with E-state index in [2.05, 4.69) is 10.4 Å². The van der Waals surface area contributed by atoms with Crippen molar-refractivity contribution in [3.8, 4) is 0 Å². The largest absolute Gasteiger partial charge is 0.389 e. The molecule has 2 heterocycles. The van der Waals surface area contributed by atoms with E-state index in [1.165, 1.54) is 5.56 Å². The average molecular weight is 259 g/mol. The van der Waals surface area contributed by atoms with Crippen LogP contribution in [0.5, 0.6) is 0 Å². The van der Waals surface area contributed by atoms with Gasteiger partial charge in [0.1, 0.15) is 5.00 Å². The van der Waals surface area contributed by atoms with Crippen molar-refractivity contribution in [1.29, 1.82) is 0 Å². The second kappa shape index (κ2) is 4.42. The lowest BCUT2D eigenvalue weighted by Gasteiger charge is -2.29. The first-order chi connectivity index (χ1) is 8.77. The van der Waals surface area contributed by atoms with Crippen LogP contribution in [0.2, 0.25) is 0 Å². The molecule has 1 aromatic carbocycles. The minimum atomic E-state index is -0.0478. The first kappa shape index (κ1) is 11.2. The van der Waals surface area contributed by atoms with Crippen LogP contribution in [0.15, 0.2) is 30.5 Å². The van der Waals surface area contributed by atoms with Crippen molar-refractivity contribution in [2.45, 2.75) is 12.8 Å². The number of carbonyl (C=O) groups excluding carboxylic acids is 1. The lowest BCUT2D eigenvalue weighted by Crippen LogP contribution is -2.35. The Bertz CT molecular complexity index is 593. The fourth-order valence-electron chi connectivity index (χ4n) is 2.30. The molecule has 5 heteroatoms. The molecule has 2 N–H and O–H groups in total. The highest BCUT2D eigenvalue weighted by atomic mass is 32.1. The Hall–Kier alpha value is -1.88. The van der Waals surface area contributed by atoms with E-state index in [0.717, 1.165) is 36.6 Å². The van der Waals surface area contributed by atoms with Gasteiger partial charge in [0.25, 0.3) is 5.91 Å². The van der Waals surface area contributed by atoms with Gasteiger partial charge in [-0.05, 0) is 36.0 Å². The van der Waals surface area contributed by atoms with E-state index in [-0.39, 0.29) is 5.91 Å². The van der Waals surface area contributed by atoms with Gasteiger partial charge in [0.05, 0.1) is 11.8 Å². The van der Waals surface area contributed by atoms with Crippen LogP contribution in [-0.2, 0) is 6.42 Å². The highest BCUT2D eigenvalue weighted by Gasteiger charge is 2.25. The lowest BCUT2D eigenvalue weighted by molar-refractivity contribution is 0.0986. The van der Waals surface area contributed by atoms with Crippen molar-refractivity contribution in [2.24, 2.45) is 0 Å². The summed E-state index contributed by atoms with van der Waals surface area (Å²) in [5, 5.41) is 0.489. The van der Waals surface area contributed by atoms with Crippen LogP contribution < -0.4 is 10.6 Å². The molecule has 0 spiro atoms. The standard InChI is InChI=1S/C13H13N3OS/c14-12-10(8-15-18-12)13(17)16-7-3-5-9-4-1-2-6-11(9)16/h1-2,4,6,8H,3,5,7,14H2. The molecule has 0 unspecified atom stereocenters. The molecule has 0 aliphatic carbocycles. The molecule has 0 saturated carbocycles. The highest BCUT2D eigenvalue weighted by molar-refractivity contribution is 7.10. The third-order valence-corrected chi connectivity index (χ3v) is 3.81. The van der Waals surface area contributed by atoms with Crippen LogP contribution in [0.4, 0.5) is 10.7 Å². The number of carbonyl (C=O) groups is 1. The third-order valence-electron chi connectivity index (χ3n) is 3.18. The van der Waals surface area contributed by atoms with Gasteiger partial charge in [-0.1, -0.05) is 18.2 Å². The summed E-state index contributed by atoms with van der Waals surface area (Å²) in [6.45, 7) is 0.741. The number of aryl methyl sites for hydroxylation is 1. The minimum Gasteiger partial charge on any atom is -0.389 e. The molecule has 0 fully saturated rings. The second-order valence-electron chi connectivity index (χ2n) is 4.29. The molecule has 1 aromatic heterocycles. The maximum absolute atomic E-state index is 12.5. The van der Waals surface area contributed by atoms with Crippen molar-refractivity contribution in [3.63, 3.8) is 0 Å². The number of amides is 1. The number of nitrogens with two attached hydrogens (primary N) is 1. The molecule has 4 nitrogen and oxygen atoms in total. The Morgan fingerprint density at radius 2 is 2.22 bits per heavy atom. The average Bonchev–Trinajstić information content (AvgIpc) is 2.83. The Kier molecular flexibility index (Phi) is 2.76. The molecular weight excluding hydrogens is 246 g/mol. The van der Waals surface area contributed by atoms with Gasteiger partial charge in [0.2, 0.25) is 0 Å². The van der Waals surface area contributed by atoms with Crippen LogP contribution in [0.1, 0.15) is 22.3 Å². The minimum absolute atomic E-state index is 0.0478. The molecule has 1 amide bonds. The number of anilines is 2. The molecular formula is C13H13N3OS. The molecule has 3 rings (SSSR count). The molecule has 2 aromatic rings. The van der Waals surface area contributed by atoms with E-state index in [4.69, 9.17) is 5.73 Å². The Balaban J connectivity index is 2.00. The smallest absolute Gasteiger partial charge is 0.262 e. The fraction of sp³-hybridized carbons (Fsp3) is 0.231. The first-order valence-electron chi connectivity index (χ1n) is 5.87. The fourth-order valence-corrected chi connectivity index (χ4v) is 2.81. The summed E-state index contributed by atoms with van der Waals surface area (Å²) < 4.78 is 3.96. The SMILES string of the molecule is Nc1sncc1C(=O)N1CCCc2ccccc21. The van der Waals surface area contributed by atoms with Gasteiger partial charge in [-0.2, -0.15) is 4.37 Å². The third kappa shape index (κ3) is 1.76. The molecule has 18 heavy (non-hydrogen) atoms. The van der Waals surface area contributed by atoms with Gasteiger partial charge >= 0.3 is 0 Å². The normalized spacial score (nSPS) is 14.3. The van der Waals surface area contributed by atoms with Crippen LogP contribution in [-0.4, -0.2) is 16.8 Å². The number of nitrogen functional groups attached to an aromatic ring is 1. The number of rotatable bonds is 1. The number of benzene rings is 1. The van der Waals surface area contributed by atoms with Crippen LogP contribution >= 0.6 is 11.5 Å². The number of nitrogens with zero attached hydrogens (tertiary/aromatic N) is 2. The molecule has 92 valence electrons. The number of para-hydroxylation sites is 1. The number of hydrogen-bond donors (Lipinski definition) is 1. The van der Waals surface area contributed by atoms with Crippen molar-refractivity contribution >= 4 is 28.1 Å². The highest BCUT2D eigenvalue weighted by Crippen LogP contribution is 2.29. The van der Waals surface area contributed by atoms with E-state index in [1.807, 2.05) is 18.2 Å². The van der Waals surface area contributed by atoms with Crippen molar-refractivity contribution < 1.29 is 4.79 Å². The monoisotopic (exact) mass is 259 g/mol. The molecule has 0 atom stereocenters. The molecule has 0 saturated heterocycles. The summed E-state index contributed by atoms with van der Waals surface area (Å²) >= 11 is 1.16. The summed E-state index contributed by atoms with van der Waals surface area (Å²) in [5.41, 5.74) is 8.51. The van der Waals surface area contributed by atoms with Crippen LogP contribution in [0, 0.1) is 0 Å². The zero-order valence-electron chi connectivity index (χ0n) is 9.80. The maximum Gasteiger partial charge on any atom is 0.262 e. The van der Waals surface area contributed by atoms with E-state index in [1.54, 1.807) is 11.1 Å². The van der Waals surface area contributed by atoms with Gasteiger partial charge < -0.3 is 10.6 Å². The first-order valence-corrected chi connectivity index (χ1v) is 6.64. The number of fused-ring (bicyclic) bond motifs is 1. The zero-order chi connectivity index (χ0) is 12.5. The van der Waals surface area contributed by atoms with Gasteiger partial charge in [0.15, 0.2) is 0 Å². The quantitative estimate of drug-likeness (QED) is 0.855. The van der Waals surface area contributed by atoms with E-state index >= 15 is 0 Å². The van der Waals surface area contributed by atoms with Crippen molar-refractivity contribution in [3.05, 3.63) is 41.6 Å². The summed E-state index contributed by atoms with van der Waals surface area (Å²) in [6, 6.07) is 8.03. The zero-order valence-corrected chi connectivity index (χ0v) is 10.6. The lowest BCUT2D eigenvalue weighted by atomic mass is 10.0. The van der Waals surface area contributed by atoms with Crippen LogP contribution in [0.3, 0.4) is 0 Å². The number of hydrogen-bond acceptors (Lipinski definition) is 4. The predicted molar refractivity (Wildman–Crippen MR) is 73.0 cm³/mol. The van der Waals surface area contributed by atoms with E-state index in [0.29, 0.717) is 10.6 Å². The van der Waals surface area contributed by atoms with Crippen molar-refractivity contribution in [1.82, 2.24) is 4.37 Å². The maximum atomic E-state index is 12.5. The summed E-state index contributed by atoms with van der Waals surface area (Å²) in [6.07, 6.45) is 3.57. The Morgan fingerprint density at radius 3 is 3.00 bits per heavy atom. The summed E-state index contributed by atoms with van der Waals surface area (Å²) in [4.78, 5) is 14.3. The molecule has 0 radical (unpaired) electrons. The van der Waals surface area contributed by atoms with Crippen molar-refractivity contribution in [2.75, 3.05) is 17.2 Å². The molecule has 1 aliphatic heterocycles. The summed E-state index contributed by atoms with van der Waals surface area (Å²) in [7, 11) is 0. The van der Waals surface area contributed by atoms with Crippen LogP contribution in [0.25, 0.3) is 0 Å². The molecule has 1 aliphatic rings. The Labute approximate surface area is 109 Å². The molecule has 0 bridgehead atoms. The number of aromatic nitrogens is 1. The van der Waals surface area contributed by atoms with Gasteiger partial charge in [-0.15, -0.1) is 0 Å². The van der Waals surface area contributed by atoms with Gasteiger partial charge in [0, 0.05) is 12.2 Å². The second-order valence-corrected chi connectivity index (χ2v) is 5.13. The van der Waals surface area contributed by atoms with E-state index < -0.39 is 0 Å². The van der Waals surface area contributed by atoms with E-state index in [9.17, 15) is 4.79 Å². The Morgan fingerprint density at radius 1 is 1.39 bits per heavy atom. The van der Waals surface area contributed by atoms with Gasteiger partial charge in [-0.3, -0.25) is 4.79 Å². The van der Waals surface area contributed by atoms with Gasteiger partial charge in [-0.25, -0.2) is 0 Å².